The van der Waals surface area contributed by atoms with Crippen LogP contribution in [0.1, 0.15) is 10.4 Å². The SMILES string of the molecule is COc1ccc(NC(=O)c2ccccc2S(=O)(=O)N2CCOCC2)cn1. The van der Waals surface area contributed by atoms with E-state index in [0.29, 0.717) is 24.8 Å². The Hall–Kier alpha value is -2.49. The summed E-state index contributed by atoms with van der Waals surface area (Å²) in [4.78, 5) is 16.6. The van der Waals surface area contributed by atoms with E-state index in [2.05, 4.69) is 10.3 Å². The number of methoxy groups -OCH3 is 1. The Morgan fingerprint density at radius 1 is 1.19 bits per heavy atom. The van der Waals surface area contributed by atoms with Gasteiger partial charge in [0.25, 0.3) is 5.91 Å². The van der Waals surface area contributed by atoms with E-state index in [1.54, 1.807) is 24.3 Å². The normalized spacial score (nSPS) is 15.4. The Morgan fingerprint density at radius 3 is 2.58 bits per heavy atom. The molecule has 1 aliphatic heterocycles. The molecule has 0 bridgehead atoms. The number of nitrogens with zero attached hydrogens (tertiary/aromatic N) is 2. The summed E-state index contributed by atoms with van der Waals surface area (Å²) in [5.74, 6) is -0.109. The Kier molecular flexibility index (Phi) is 5.50. The Bertz CT molecular complexity index is 878. The van der Waals surface area contributed by atoms with Gasteiger partial charge in [-0.25, -0.2) is 13.4 Å². The highest BCUT2D eigenvalue weighted by Crippen LogP contribution is 2.22. The lowest BCUT2D eigenvalue weighted by Gasteiger charge is -2.26. The van der Waals surface area contributed by atoms with Crippen molar-refractivity contribution in [1.29, 1.82) is 0 Å². The molecule has 0 saturated carbocycles. The largest absolute Gasteiger partial charge is 0.481 e. The van der Waals surface area contributed by atoms with Gasteiger partial charge in [-0.2, -0.15) is 4.31 Å². The number of pyridine rings is 1. The van der Waals surface area contributed by atoms with Crippen molar-refractivity contribution in [3.63, 3.8) is 0 Å². The predicted molar refractivity (Wildman–Crippen MR) is 94.8 cm³/mol. The van der Waals surface area contributed by atoms with Crippen molar-refractivity contribution in [1.82, 2.24) is 9.29 Å². The standard InChI is InChI=1S/C17H19N3O5S/c1-24-16-7-6-13(12-18-16)19-17(21)14-4-2-3-5-15(14)26(22,23)20-8-10-25-11-9-20/h2-7,12H,8-11H2,1H3,(H,19,21). The number of ether oxygens (including phenoxy) is 2. The molecule has 0 aliphatic carbocycles. The second-order valence-corrected chi connectivity index (χ2v) is 7.46. The fraction of sp³-hybridized carbons (Fsp3) is 0.294. The van der Waals surface area contributed by atoms with Gasteiger partial charge < -0.3 is 14.8 Å². The quantitative estimate of drug-likeness (QED) is 0.845. The zero-order valence-electron chi connectivity index (χ0n) is 14.2. The molecule has 2 aromatic rings. The number of anilines is 1. The Labute approximate surface area is 151 Å². The molecule has 1 saturated heterocycles. The van der Waals surface area contributed by atoms with Crippen molar-refractivity contribution in [2.45, 2.75) is 4.90 Å². The van der Waals surface area contributed by atoms with Gasteiger partial charge in [0.15, 0.2) is 0 Å². The monoisotopic (exact) mass is 377 g/mol. The number of hydrogen-bond acceptors (Lipinski definition) is 6. The molecule has 1 N–H and O–H groups in total. The number of aromatic nitrogens is 1. The fourth-order valence-corrected chi connectivity index (χ4v) is 4.18. The van der Waals surface area contributed by atoms with E-state index >= 15 is 0 Å². The molecular formula is C17H19N3O5S. The van der Waals surface area contributed by atoms with Crippen molar-refractivity contribution in [3.8, 4) is 5.88 Å². The van der Waals surface area contributed by atoms with Gasteiger partial charge in [-0.05, 0) is 18.2 Å². The Morgan fingerprint density at radius 2 is 1.92 bits per heavy atom. The van der Waals surface area contributed by atoms with Crippen LogP contribution in [-0.2, 0) is 14.8 Å². The van der Waals surface area contributed by atoms with Gasteiger partial charge in [-0.1, -0.05) is 12.1 Å². The maximum Gasteiger partial charge on any atom is 0.257 e. The maximum atomic E-state index is 12.9. The van der Waals surface area contributed by atoms with Crippen LogP contribution in [0.15, 0.2) is 47.5 Å². The first kappa shape index (κ1) is 18.3. The van der Waals surface area contributed by atoms with Crippen LogP contribution in [0.3, 0.4) is 0 Å². The predicted octanol–water partition coefficient (Wildman–Crippen LogP) is 1.36. The van der Waals surface area contributed by atoms with Crippen LogP contribution in [0.4, 0.5) is 5.69 Å². The molecule has 1 aromatic carbocycles. The molecule has 1 amide bonds. The van der Waals surface area contributed by atoms with Gasteiger partial charge in [-0.3, -0.25) is 4.79 Å². The zero-order valence-corrected chi connectivity index (χ0v) is 15.0. The summed E-state index contributed by atoms with van der Waals surface area (Å²) in [5.41, 5.74) is 0.518. The van der Waals surface area contributed by atoms with Crippen LogP contribution in [-0.4, -0.2) is 57.0 Å². The second kappa shape index (κ2) is 7.81. The summed E-state index contributed by atoms with van der Waals surface area (Å²) in [6.07, 6.45) is 1.44. The molecule has 2 heterocycles. The molecule has 9 heteroatoms. The first-order valence-corrected chi connectivity index (χ1v) is 9.44. The van der Waals surface area contributed by atoms with Crippen LogP contribution in [0.5, 0.6) is 5.88 Å². The molecule has 0 spiro atoms. The van der Waals surface area contributed by atoms with E-state index in [1.807, 2.05) is 0 Å². The molecule has 8 nitrogen and oxygen atoms in total. The molecule has 138 valence electrons. The highest BCUT2D eigenvalue weighted by atomic mass is 32.2. The van der Waals surface area contributed by atoms with E-state index in [9.17, 15) is 13.2 Å². The number of nitrogens with one attached hydrogen (secondary N) is 1. The maximum absolute atomic E-state index is 12.9. The lowest BCUT2D eigenvalue weighted by atomic mass is 10.2. The molecular weight excluding hydrogens is 358 g/mol. The van der Waals surface area contributed by atoms with Gasteiger partial charge >= 0.3 is 0 Å². The van der Waals surface area contributed by atoms with E-state index in [4.69, 9.17) is 9.47 Å². The third-order valence-electron chi connectivity index (χ3n) is 3.92. The molecule has 26 heavy (non-hydrogen) atoms. The summed E-state index contributed by atoms with van der Waals surface area (Å²) in [7, 11) is -2.29. The second-order valence-electron chi connectivity index (χ2n) is 5.56. The summed E-state index contributed by atoms with van der Waals surface area (Å²) in [6, 6.07) is 9.37. The third-order valence-corrected chi connectivity index (χ3v) is 5.88. The van der Waals surface area contributed by atoms with Crippen molar-refractivity contribution in [2.75, 3.05) is 38.7 Å². The van der Waals surface area contributed by atoms with E-state index in [0.717, 1.165) is 0 Å². The minimum absolute atomic E-state index is 0.0270. The molecule has 0 unspecified atom stereocenters. The minimum Gasteiger partial charge on any atom is -0.481 e. The van der Waals surface area contributed by atoms with Gasteiger partial charge in [0.05, 0.1) is 42.7 Å². The first-order chi connectivity index (χ1) is 12.5. The number of amides is 1. The van der Waals surface area contributed by atoms with Crippen molar-refractivity contribution >= 4 is 21.6 Å². The smallest absolute Gasteiger partial charge is 0.257 e. The molecule has 1 aromatic heterocycles. The average molecular weight is 377 g/mol. The molecule has 0 atom stereocenters. The Balaban J connectivity index is 1.87. The third kappa shape index (κ3) is 3.85. The van der Waals surface area contributed by atoms with Gasteiger partial charge in [0.2, 0.25) is 15.9 Å². The van der Waals surface area contributed by atoms with E-state index in [-0.39, 0.29) is 23.5 Å². The van der Waals surface area contributed by atoms with Crippen LogP contribution in [0.2, 0.25) is 0 Å². The summed E-state index contributed by atoms with van der Waals surface area (Å²) in [6.45, 7) is 1.21. The fourth-order valence-electron chi connectivity index (χ4n) is 2.58. The number of benzene rings is 1. The zero-order chi connectivity index (χ0) is 18.6. The van der Waals surface area contributed by atoms with E-state index in [1.165, 1.54) is 29.7 Å². The summed E-state index contributed by atoms with van der Waals surface area (Å²) in [5, 5.41) is 2.66. The van der Waals surface area contributed by atoms with Gasteiger partial charge in [0, 0.05) is 19.2 Å². The van der Waals surface area contributed by atoms with Crippen LogP contribution in [0.25, 0.3) is 0 Å². The number of morpholine rings is 1. The average Bonchev–Trinajstić information content (AvgIpc) is 2.69. The number of rotatable bonds is 5. The lowest BCUT2D eigenvalue weighted by Crippen LogP contribution is -2.41. The van der Waals surface area contributed by atoms with Crippen LogP contribution in [0, 0.1) is 0 Å². The minimum atomic E-state index is -3.78. The molecule has 0 radical (unpaired) electrons. The van der Waals surface area contributed by atoms with Gasteiger partial charge in [-0.15, -0.1) is 0 Å². The topological polar surface area (TPSA) is 97.8 Å². The molecule has 3 rings (SSSR count). The van der Waals surface area contributed by atoms with Crippen LogP contribution < -0.4 is 10.1 Å². The first-order valence-electron chi connectivity index (χ1n) is 8.00. The van der Waals surface area contributed by atoms with Crippen molar-refractivity contribution in [3.05, 3.63) is 48.2 Å². The van der Waals surface area contributed by atoms with Gasteiger partial charge in [0.1, 0.15) is 0 Å². The van der Waals surface area contributed by atoms with Crippen molar-refractivity contribution in [2.24, 2.45) is 0 Å². The summed E-state index contributed by atoms with van der Waals surface area (Å²) >= 11 is 0. The highest BCUT2D eigenvalue weighted by Gasteiger charge is 2.30. The van der Waals surface area contributed by atoms with E-state index < -0.39 is 15.9 Å². The molecule has 1 aliphatic rings. The lowest BCUT2D eigenvalue weighted by molar-refractivity contribution is 0.0730. The number of hydrogen-bond donors (Lipinski definition) is 1. The number of carbonyl (C=O) groups is 1. The summed E-state index contributed by atoms with van der Waals surface area (Å²) < 4.78 is 37.3. The van der Waals surface area contributed by atoms with Crippen molar-refractivity contribution < 1.29 is 22.7 Å². The molecule has 1 fully saturated rings. The number of sulfonamides is 1. The highest BCUT2D eigenvalue weighted by molar-refractivity contribution is 7.89. The number of carbonyl (C=O) groups excluding carboxylic acids is 1. The van der Waals surface area contributed by atoms with Crippen LogP contribution >= 0.6 is 0 Å².